The summed E-state index contributed by atoms with van der Waals surface area (Å²) in [6, 6.07) is 16.8. The number of carbonyl (C=O) groups is 1. The Morgan fingerprint density at radius 2 is 1.85 bits per heavy atom. The van der Waals surface area contributed by atoms with Crippen LogP contribution >= 0.6 is 0 Å². The van der Waals surface area contributed by atoms with Crippen LogP contribution in [0.3, 0.4) is 0 Å². The first-order chi connectivity index (χ1) is 12.7. The monoisotopic (exact) mass is 348 g/mol. The van der Waals surface area contributed by atoms with E-state index in [9.17, 15) is 4.79 Å². The highest BCUT2D eigenvalue weighted by molar-refractivity contribution is 6.03. The van der Waals surface area contributed by atoms with Crippen LogP contribution in [0.2, 0.25) is 0 Å². The van der Waals surface area contributed by atoms with Crippen LogP contribution in [0.25, 0.3) is 0 Å². The van der Waals surface area contributed by atoms with Crippen LogP contribution in [-0.2, 0) is 6.42 Å². The molecule has 1 heterocycles. The van der Waals surface area contributed by atoms with Crippen molar-refractivity contribution in [1.29, 1.82) is 0 Å². The summed E-state index contributed by atoms with van der Waals surface area (Å²) in [4.78, 5) is 20.7. The Bertz CT molecular complexity index is 894. The maximum Gasteiger partial charge on any atom is 0.274 e. The van der Waals surface area contributed by atoms with E-state index in [2.05, 4.69) is 39.7 Å². The number of nitrogens with zero attached hydrogens (tertiary/aromatic N) is 2. The number of hydrogen-bond donors (Lipinski definition) is 2. The number of rotatable bonds is 6. The Kier molecular flexibility index (Phi) is 5.43. The molecule has 132 valence electrons. The van der Waals surface area contributed by atoms with Crippen molar-refractivity contribution in [3.63, 3.8) is 0 Å². The molecule has 0 atom stereocenters. The zero-order valence-electron chi connectivity index (χ0n) is 14.7. The molecule has 3 rings (SSSR count). The molecule has 1 aromatic heterocycles. The van der Waals surface area contributed by atoms with Gasteiger partial charge in [-0.3, -0.25) is 4.79 Å². The third kappa shape index (κ3) is 4.36. The average Bonchev–Trinajstić information content (AvgIpc) is 2.69. The molecule has 6 nitrogen and oxygen atoms in total. The van der Waals surface area contributed by atoms with Crippen LogP contribution in [0.1, 0.15) is 23.0 Å². The Labute approximate surface area is 152 Å². The van der Waals surface area contributed by atoms with E-state index in [4.69, 9.17) is 4.74 Å². The van der Waals surface area contributed by atoms with E-state index in [1.165, 1.54) is 11.9 Å². The van der Waals surface area contributed by atoms with Crippen molar-refractivity contribution in [2.45, 2.75) is 13.3 Å². The zero-order valence-corrected chi connectivity index (χ0v) is 14.7. The topological polar surface area (TPSA) is 76.1 Å². The Morgan fingerprint density at radius 1 is 1.04 bits per heavy atom. The Balaban J connectivity index is 1.72. The summed E-state index contributed by atoms with van der Waals surface area (Å²) in [6.07, 6.45) is 2.35. The first kappa shape index (κ1) is 17.4. The highest BCUT2D eigenvalue weighted by Gasteiger charge is 2.10. The van der Waals surface area contributed by atoms with Gasteiger partial charge < -0.3 is 15.4 Å². The molecule has 0 saturated carbocycles. The number of ether oxygens (including phenoxy) is 1. The first-order valence-corrected chi connectivity index (χ1v) is 8.31. The average molecular weight is 348 g/mol. The van der Waals surface area contributed by atoms with Crippen molar-refractivity contribution in [2.24, 2.45) is 0 Å². The summed E-state index contributed by atoms with van der Waals surface area (Å²) in [5.74, 6) is 0.911. The number of amides is 1. The predicted molar refractivity (Wildman–Crippen MR) is 102 cm³/mol. The van der Waals surface area contributed by atoms with E-state index in [0.717, 1.165) is 12.1 Å². The molecule has 2 N–H and O–H groups in total. The van der Waals surface area contributed by atoms with Crippen molar-refractivity contribution in [1.82, 2.24) is 9.97 Å². The number of aromatic nitrogens is 2. The fourth-order valence-electron chi connectivity index (χ4n) is 2.42. The van der Waals surface area contributed by atoms with Gasteiger partial charge >= 0.3 is 0 Å². The summed E-state index contributed by atoms with van der Waals surface area (Å²) < 4.78 is 5.16. The number of methoxy groups -OCH3 is 1. The predicted octanol–water partition coefficient (Wildman–Crippen LogP) is 4.04. The van der Waals surface area contributed by atoms with Crippen LogP contribution in [0.5, 0.6) is 5.75 Å². The zero-order chi connectivity index (χ0) is 18.4. The van der Waals surface area contributed by atoms with Crippen molar-refractivity contribution in [3.8, 4) is 5.75 Å². The lowest BCUT2D eigenvalue weighted by molar-refractivity contribution is 0.102. The van der Waals surface area contributed by atoms with E-state index in [1.54, 1.807) is 31.4 Å². The lowest BCUT2D eigenvalue weighted by Crippen LogP contribution is -2.14. The molecule has 1 amide bonds. The van der Waals surface area contributed by atoms with Gasteiger partial charge in [-0.15, -0.1) is 0 Å². The van der Waals surface area contributed by atoms with Crippen molar-refractivity contribution < 1.29 is 9.53 Å². The summed E-state index contributed by atoms with van der Waals surface area (Å²) in [7, 11) is 1.58. The molecule has 0 aliphatic carbocycles. The quantitative estimate of drug-likeness (QED) is 0.703. The second kappa shape index (κ2) is 8.11. The van der Waals surface area contributed by atoms with Gasteiger partial charge in [-0.2, -0.15) is 0 Å². The van der Waals surface area contributed by atoms with Gasteiger partial charge in [-0.1, -0.05) is 25.1 Å². The number of anilines is 3. The molecule has 0 spiro atoms. The van der Waals surface area contributed by atoms with E-state index in [1.807, 2.05) is 18.2 Å². The van der Waals surface area contributed by atoms with Crippen LogP contribution in [0, 0.1) is 0 Å². The lowest BCUT2D eigenvalue weighted by atomic mass is 10.1. The molecule has 2 aromatic carbocycles. The van der Waals surface area contributed by atoms with Gasteiger partial charge in [0, 0.05) is 23.5 Å². The van der Waals surface area contributed by atoms with Crippen molar-refractivity contribution >= 4 is 23.1 Å². The summed E-state index contributed by atoms with van der Waals surface area (Å²) >= 11 is 0. The van der Waals surface area contributed by atoms with Crippen molar-refractivity contribution in [3.05, 3.63) is 72.2 Å². The molecule has 0 saturated heterocycles. The minimum absolute atomic E-state index is 0.274. The van der Waals surface area contributed by atoms with Gasteiger partial charge in [0.15, 0.2) is 0 Å². The maximum absolute atomic E-state index is 12.4. The molecule has 0 radical (unpaired) electrons. The number of benzene rings is 2. The lowest BCUT2D eigenvalue weighted by Gasteiger charge is -2.09. The largest absolute Gasteiger partial charge is 0.497 e. The van der Waals surface area contributed by atoms with E-state index in [0.29, 0.717) is 17.3 Å². The molecule has 6 heteroatoms. The van der Waals surface area contributed by atoms with Gasteiger partial charge in [-0.25, -0.2) is 9.97 Å². The molecule has 0 bridgehead atoms. The van der Waals surface area contributed by atoms with E-state index in [-0.39, 0.29) is 11.6 Å². The van der Waals surface area contributed by atoms with Gasteiger partial charge in [0.2, 0.25) is 0 Å². The second-order valence-corrected chi connectivity index (χ2v) is 5.65. The third-order valence-electron chi connectivity index (χ3n) is 3.86. The summed E-state index contributed by atoms with van der Waals surface area (Å²) in [5.41, 5.74) is 3.07. The number of carbonyl (C=O) groups excluding carboxylic acids is 1. The molecule has 3 aromatic rings. The Hall–Kier alpha value is -3.41. The minimum Gasteiger partial charge on any atom is -0.497 e. The minimum atomic E-state index is -0.315. The van der Waals surface area contributed by atoms with Crippen LogP contribution in [-0.4, -0.2) is 23.0 Å². The molecule has 26 heavy (non-hydrogen) atoms. The summed E-state index contributed by atoms with van der Waals surface area (Å²) in [6.45, 7) is 2.11. The molecule has 0 aliphatic heterocycles. The fraction of sp³-hybridized carbons (Fsp3) is 0.150. The SMILES string of the molecule is CCc1ccc(Nc2cc(C(=O)Nc3cccc(OC)c3)ncn2)cc1. The van der Waals surface area contributed by atoms with E-state index >= 15 is 0 Å². The molecular weight excluding hydrogens is 328 g/mol. The van der Waals surface area contributed by atoms with Gasteiger partial charge in [0.25, 0.3) is 5.91 Å². The van der Waals surface area contributed by atoms with Crippen LogP contribution in [0.4, 0.5) is 17.2 Å². The molecule has 0 fully saturated rings. The molecular formula is C20H20N4O2. The Morgan fingerprint density at radius 3 is 2.58 bits per heavy atom. The fourth-order valence-corrected chi connectivity index (χ4v) is 2.42. The summed E-state index contributed by atoms with van der Waals surface area (Å²) in [5, 5.41) is 5.98. The van der Waals surface area contributed by atoms with Gasteiger partial charge in [0.05, 0.1) is 7.11 Å². The number of nitrogens with one attached hydrogen (secondary N) is 2. The smallest absolute Gasteiger partial charge is 0.274 e. The number of aryl methyl sites for hydroxylation is 1. The van der Waals surface area contributed by atoms with Gasteiger partial charge in [0.1, 0.15) is 23.6 Å². The highest BCUT2D eigenvalue weighted by Crippen LogP contribution is 2.19. The highest BCUT2D eigenvalue weighted by atomic mass is 16.5. The van der Waals surface area contributed by atoms with E-state index < -0.39 is 0 Å². The van der Waals surface area contributed by atoms with Crippen LogP contribution < -0.4 is 15.4 Å². The normalized spacial score (nSPS) is 10.2. The van der Waals surface area contributed by atoms with Crippen molar-refractivity contribution in [2.75, 3.05) is 17.7 Å². The molecule has 0 unspecified atom stereocenters. The first-order valence-electron chi connectivity index (χ1n) is 8.31. The third-order valence-corrected chi connectivity index (χ3v) is 3.86. The standard InChI is InChI=1S/C20H20N4O2/c1-3-14-7-9-15(10-8-14)23-19-12-18(21-13-22-19)20(25)24-16-5-4-6-17(11-16)26-2/h4-13H,3H2,1-2H3,(H,24,25)(H,21,22,23). The maximum atomic E-state index is 12.4. The van der Waals surface area contributed by atoms with Crippen LogP contribution in [0.15, 0.2) is 60.9 Å². The second-order valence-electron chi connectivity index (χ2n) is 5.65. The molecule has 0 aliphatic rings. The van der Waals surface area contributed by atoms with Gasteiger partial charge in [-0.05, 0) is 36.2 Å². The number of hydrogen-bond acceptors (Lipinski definition) is 5.